The number of morpholine rings is 1. The Morgan fingerprint density at radius 1 is 1.21 bits per heavy atom. The van der Waals surface area contributed by atoms with E-state index < -0.39 is 6.67 Å². The van der Waals surface area contributed by atoms with E-state index in [1.165, 1.54) is 0 Å². The number of nitrogens with zero attached hydrogens (tertiary/aromatic N) is 4. The number of hydrogen-bond acceptors (Lipinski definition) is 6. The van der Waals surface area contributed by atoms with Gasteiger partial charge in [0, 0.05) is 41.5 Å². The molecule has 3 aromatic rings. The number of anilines is 3. The van der Waals surface area contributed by atoms with Crippen molar-refractivity contribution in [3.63, 3.8) is 0 Å². The van der Waals surface area contributed by atoms with Gasteiger partial charge in [-0.15, -0.1) is 0 Å². The summed E-state index contributed by atoms with van der Waals surface area (Å²) >= 11 is 6.11. The topological polar surface area (TPSA) is 79.0 Å². The Kier molecular flexibility index (Phi) is 5.64. The lowest BCUT2D eigenvalue weighted by molar-refractivity contribution is -0.00571. The van der Waals surface area contributed by atoms with Gasteiger partial charge in [-0.2, -0.15) is 10.1 Å². The van der Waals surface area contributed by atoms with Gasteiger partial charge in [0.05, 0.1) is 17.9 Å². The molecule has 0 bridgehead atoms. The molecule has 0 saturated carbocycles. The lowest BCUT2D eigenvalue weighted by atomic mass is 10.1. The molecule has 152 valence electrons. The monoisotopic (exact) mass is 416 g/mol. The minimum absolute atomic E-state index is 0.128. The number of rotatable bonds is 5. The fraction of sp³-hybridized carbons (Fsp3) is 0.350. The van der Waals surface area contributed by atoms with Crippen molar-refractivity contribution in [2.45, 2.75) is 32.7 Å². The molecule has 1 aliphatic rings. The first-order chi connectivity index (χ1) is 14.0. The van der Waals surface area contributed by atoms with Crippen LogP contribution in [0.5, 0.6) is 0 Å². The van der Waals surface area contributed by atoms with Gasteiger partial charge in [0.1, 0.15) is 12.5 Å². The second-order valence-corrected chi connectivity index (χ2v) is 7.54. The Hall–Kier alpha value is -2.71. The maximum atomic E-state index is 12.8. The van der Waals surface area contributed by atoms with Crippen molar-refractivity contribution >= 4 is 29.2 Å². The van der Waals surface area contributed by atoms with Crippen LogP contribution in [-0.4, -0.2) is 45.5 Å². The largest absolute Gasteiger partial charge is 0.372 e. The number of hydrogen-bond donors (Lipinski definition) is 2. The molecule has 2 aromatic heterocycles. The zero-order valence-corrected chi connectivity index (χ0v) is 16.9. The minimum atomic E-state index is -0.592. The van der Waals surface area contributed by atoms with Crippen molar-refractivity contribution < 1.29 is 9.13 Å². The van der Waals surface area contributed by atoms with Crippen LogP contribution in [0, 0.1) is 0 Å². The number of halogens is 2. The molecule has 0 radical (unpaired) electrons. The molecule has 2 unspecified atom stereocenters. The molecule has 9 heteroatoms. The highest BCUT2D eigenvalue weighted by molar-refractivity contribution is 6.31. The third-order valence-corrected chi connectivity index (χ3v) is 5.04. The third kappa shape index (κ3) is 4.49. The number of aromatic amines is 1. The molecule has 0 amide bonds. The van der Waals surface area contributed by atoms with Crippen molar-refractivity contribution in [1.29, 1.82) is 0 Å². The molecule has 1 aliphatic heterocycles. The molecular weight excluding hydrogens is 395 g/mol. The molecule has 29 heavy (non-hydrogen) atoms. The first-order valence-corrected chi connectivity index (χ1v) is 9.80. The van der Waals surface area contributed by atoms with Crippen LogP contribution in [0.2, 0.25) is 5.02 Å². The summed E-state index contributed by atoms with van der Waals surface area (Å²) in [6, 6.07) is 8.84. The highest BCUT2D eigenvalue weighted by Crippen LogP contribution is 2.27. The van der Waals surface area contributed by atoms with E-state index in [0.717, 1.165) is 24.3 Å². The summed E-state index contributed by atoms with van der Waals surface area (Å²) in [5.74, 6) is 1.91. The van der Waals surface area contributed by atoms with E-state index >= 15 is 0 Å². The lowest BCUT2D eigenvalue weighted by Gasteiger charge is -2.35. The highest BCUT2D eigenvalue weighted by atomic mass is 35.5. The van der Waals surface area contributed by atoms with Crippen molar-refractivity contribution in [2.75, 3.05) is 23.3 Å². The molecule has 2 atom stereocenters. The summed E-state index contributed by atoms with van der Waals surface area (Å²) < 4.78 is 18.6. The summed E-state index contributed by atoms with van der Waals surface area (Å²) in [7, 11) is 0. The third-order valence-electron chi connectivity index (χ3n) is 4.69. The van der Waals surface area contributed by atoms with Gasteiger partial charge in [0.2, 0.25) is 5.95 Å². The van der Waals surface area contributed by atoms with Gasteiger partial charge in [-0.05, 0) is 26.0 Å². The SMILES string of the molecule is CC1CN(c2nccc(Nc3cc(-c4ccc(CF)c(Cl)c4)[nH]n3)n2)CC(C)O1. The van der Waals surface area contributed by atoms with Crippen LogP contribution in [-0.2, 0) is 11.4 Å². The van der Waals surface area contributed by atoms with E-state index in [4.69, 9.17) is 16.3 Å². The maximum Gasteiger partial charge on any atom is 0.227 e. The van der Waals surface area contributed by atoms with Crippen molar-refractivity contribution in [1.82, 2.24) is 20.2 Å². The quantitative estimate of drug-likeness (QED) is 0.643. The van der Waals surface area contributed by atoms with E-state index in [0.29, 0.717) is 28.2 Å². The van der Waals surface area contributed by atoms with Gasteiger partial charge in [-0.1, -0.05) is 23.7 Å². The Balaban J connectivity index is 1.50. The Bertz CT molecular complexity index is 987. The first kappa shape index (κ1) is 19.6. The smallest absolute Gasteiger partial charge is 0.227 e. The van der Waals surface area contributed by atoms with E-state index in [-0.39, 0.29) is 12.2 Å². The Morgan fingerprint density at radius 3 is 2.72 bits per heavy atom. The van der Waals surface area contributed by atoms with Gasteiger partial charge in [-0.3, -0.25) is 5.10 Å². The van der Waals surface area contributed by atoms with Crippen LogP contribution < -0.4 is 10.2 Å². The van der Waals surface area contributed by atoms with Gasteiger partial charge in [0.25, 0.3) is 0 Å². The van der Waals surface area contributed by atoms with Crippen LogP contribution >= 0.6 is 11.6 Å². The molecule has 3 heterocycles. The average Bonchev–Trinajstić information content (AvgIpc) is 3.16. The predicted molar refractivity (Wildman–Crippen MR) is 111 cm³/mol. The fourth-order valence-corrected chi connectivity index (χ4v) is 3.63. The normalized spacial score (nSPS) is 19.4. The van der Waals surface area contributed by atoms with E-state index in [9.17, 15) is 4.39 Å². The lowest BCUT2D eigenvalue weighted by Crippen LogP contribution is -2.46. The Morgan fingerprint density at radius 2 is 2.00 bits per heavy atom. The molecule has 7 nitrogen and oxygen atoms in total. The fourth-order valence-electron chi connectivity index (χ4n) is 3.40. The van der Waals surface area contributed by atoms with Gasteiger partial charge in [-0.25, -0.2) is 9.37 Å². The summed E-state index contributed by atoms with van der Waals surface area (Å²) in [4.78, 5) is 11.1. The van der Waals surface area contributed by atoms with Gasteiger partial charge < -0.3 is 15.0 Å². The Labute approximate surface area is 173 Å². The minimum Gasteiger partial charge on any atom is -0.372 e. The second-order valence-electron chi connectivity index (χ2n) is 7.14. The first-order valence-electron chi connectivity index (χ1n) is 9.42. The summed E-state index contributed by atoms with van der Waals surface area (Å²) in [5.41, 5.74) is 2.06. The summed E-state index contributed by atoms with van der Waals surface area (Å²) in [6.45, 7) is 4.99. The van der Waals surface area contributed by atoms with Crippen LogP contribution in [0.25, 0.3) is 11.3 Å². The van der Waals surface area contributed by atoms with Gasteiger partial charge in [0.15, 0.2) is 5.82 Å². The zero-order chi connectivity index (χ0) is 20.4. The predicted octanol–water partition coefficient (Wildman–Crippen LogP) is 4.35. The second kappa shape index (κ2) is 8.34. The number of nitrogens with one attached hydrogen (secondary N) is 2. The molecule has 0 spiro atoms. The molecular formula is C20H22ClFN6O. The average molecular weight is 417 g/mol. The maximum absolute atomic E-state index is 12.8. The molecule has 1 aromatic carbocycles. The summed E-state index contributed by atoms with van der Waals surface area (Å²) in [5, 5.41) is 10.8. The number of alkyl halides is 1. The van der Waals surface area contributed by atoms with Crippen molar-refractivity contribution in [2.24, 2.45) is 0 Å². The van der Waals surface area contributed by atoms with E-state index in [1.54, 1.807) is 24.4 Å². The molecule has 4 rings (SSSR count). The number of H-pyrrole nitrogens is 1. The van der Waals surface area contributed by atoms with Crippen LogP contribution in [0.3, 0.4) is 0 Å². The van der Waals surface area contributed by atoms with Crippen molar-refractivity contribution in [3.05, 3.63) is 47.1 Å². The van der Waals surface area contributed by atoms with E-state index in [2.05, 4.69) is 30.4 Å². The molecule has 1 saturated heterocycles. The van der Waals surface area contributed by atoms with Crippen LogP contribution in [0.15, 0.2) is 36.5 Å². The summed E-state index contributed by atoms with van der Waals surface area (Å²) in [6.07, 6.45) is 1.98. The molecule has 2 N–H and O–H groups in total. The van der Waals surface area contributed by atoms with Gasteiger partial charge >= 0.3 is 0 Å². The van der Waals surface area contributed by atoms with Crippen molar-refractivity contribution in [3.8, 4) is 11.3 Å². The number of aromatic nitrogens is 4. The molecule has 0 aliphatic carbocycles. The zero-order valence-electron chi connectivity index (χ0n) is 16.2. The number of ether oxygens (including phenoxy) is 1. The number of benzene rings is 1. The highest BCUT2D eigenvalue weighted by Gasteiger charge is 2.24. The van der Waals surface area contributed by atoms with Crippen LogP contribution in [0.1, 0.15) is 19.4 Å². The van der Waals surface area contributed by atoms with Crippen LogP contribution in [0.4, 0.5) is 22.0 Å². The molecule has 1 fully saturated rings. The van der Waals surface area contributed by atoms with E-state index in [1.807, 2.05) is 26.0 Å². The standard InChI is InChI=1S/C20H22ClFN6O/c1-12-10-28(11-13(2)29-12)20-23-6-5-18(25-20)24-19-8-17(26-27-19)14-3-4-15(9-22)16(21)7-14/h3-8,12-13H,9-11H2,1-2H3,(H2,23,24,25,26,27).